The Hall–Kier alpha value is -1.25. The van der Waals surface area contributed by atoms with Crippen molar-refractivity contribution in [3.8, 4) is 11.1 Å². The van der Waals surface area contributed by atoms with Crippen LogP contribution < -0.4 is 0 Å². The molecular formula is C22H30OS. The van der Waals surface area contributed by atoms with Gasteiger partial charge >= 0.3 is 0 Å². The van der Waals surface area contributed by atoms with Gasteiger partial charge in [-0.3, -0.25) is 0 Å². The second-order valence-corrected chi connectivity index (χ2v) is 7.54. The normalized spacial score (nSPS) is 13.8. The minimum atomic E-state index is -0.199. The second-order valence-electron chi connectivity index (χ2n) is 7.06. The quantitative estimate of drug-likeness (QED) is 0.595. The Balaban J connectivity index is 2.36. The maximum Gasteiger partial charge on any atom is 0.0525 e. The molecule has 0 fully saturated rings. The average Bonchev–Trinajstić information content (AvgIpc) is 2.59. The van der Waals surface area contributed by atoms with Crippen molar-refractivity contribution in [1.29, 1.82) is 0 Å². The van der Waals surface area contributed by atoms with Crippen LogP contribution in [-0.2, 0) is 11.8 Å². The van der Waals surface area contributed by atoms with Crippen molar-refractivity contribution in [2.24, 2.45) is 0 Å². The number of unbranched alkanes of at least 4 members (excludes halogenated alkanes) is 1. The zero-order valence-electron chi connectivity index (χ0n) is 15.4. The van der Waals surface area contributed by atoms with E-state index in [1.54, 1.807) is 0 Å². The summed E-state index contributed by atoms with van der Waals surface area (Å²) < 4.78 is 0. The summed E-state index contributed by atoms with van der Waals surface area (Å²) in [6, 6.07) is 13.2. The van der Waals surface area contributed by atoms with E-state index in [1.165, 1.54) is 29.5 Å². The van der Waals surface area contributed by atoms with Gasteiger partial charge in [-0.25, -0.2) is 0 Å². The average molecular weight is 343 g/mol. The molecule has 130 valence electrons. The first-order valence-corrected chi connectivity index (χ1v) is 9.44. The molecule has 0 spiro atoms. The molecule has 2 aromatic carbocycles. The Morgan fingerprint density at radius 2 is 1.75 bits per heavy atom. The first kappa shape index (κ1) is 19.1. The lowest BCUT2D eigenvalue weighted by molar-refractivity contribution is 0.201. The van der Waals surface area contributed by atoms with Gasteiger partial charge in [0.15, 0.2) is 0 Å². The van der Waals surface area contributed by atoms with E-state index in [2.05, 4.69) is 64.1 Å². The molecule has 2 heteroatoms. The molecule has 2 aromatic rings. The lowest BCUT2D eigenvalue weighted by Crippen LogP contribution is -2.25. The minimum Gasteiger partial charge on any atom is -0.395 e. The van der Waals surface area contributed by atoms with Gasteiger partial charge in [0.05, 0.1) is 6.61 Å². The molecule has 0 aliphatic heterocycles. The van der Waals surface area contributed by atoms with E-state index < -0.39 is 0 Å². The number of hydrogen-bond donors (Lipinski definition) is 2. The number of aliphatic hydroxyl groups excluding tert-OH is 1. The first-order chi connectivity index (χ1) is 11.4. The Morgan fingerprint density at radius 1 is 1.04 bits per heavy atom. The number of benzene rings is 2. The van der Waals surface area contributed by atoms with Crippen LogP contribution in [-0.4, -0.2) is 11.7 Å². The van der Waals surface area contributed by atoms with Crippen molar-refractivity contribution in [2.45, 2.75) is 63.7 Å². The summed E-state index contributed by atoms with van der Waals surface area (Å²) in [6.07, 6.45) is 4.52. The van der Waals surface area contributed by atoms with Gasteiger partial charge in [0.25, 0.3) is 0 Å². The maximum atomic E-state index is 9.74. The fourth-order valence-electron chi connectivity index (χ4n) is 3.11. The van der Waals surface area contributed by atoms with E-state index >= 15 is 0 Å². The van der Waals surface area contributed by atoms with Gasteiger partial charge in [0.1, 0.15) is 0 Å². The molecule has 0 bridgehead atoms. The van der Waals surface area contributed by atoms with Crippen LogP contribution in [0.5, 0.6) is 0 Å². The van der Waals surface area contributed by atoms with Gasteiger partial charge in [-0.1, -0.05) is 57.5 Å². The van der Waals surface area contributed by atoms with Gasteiger partial charge in [-0.15, -0.1) is 12.6 Å². The Kier molecular flexibility index (Phi) is 6.54. The van der Waals surface area contributed by atoms with Crippen molar-refractivity contribution in [2.75, 3.05) is 6.61 Å². The molecule has 0 aromatic heterocycles. The standard InChI is InChI=1S/C22H30OS/c1-5-7-8-17-9-11-19(16(3)13-17)20-12-10-18(14-21(20)24)22(4,6-2)15-23/h9-14,23-24H,5-8,15H2,1-4H3. The third-order valence-electron chi connectivity index (χ3n) is 5.22. The van der Waals surface area contributed by atoms with Gasteiger partial charge in [0.2, 0.25) is 0 Å². The monoisotopic (exact) mass is 342 g/mol. The molecule has 1 unspecified atom stereocenters. The van der Waals surface area contributed by atoms with Crippen LogP contribution in [0.1, 0.15) is 56.7 Å². The summed E-state index contributed by atoms with van der Waals surface area (Å²) >= 11 is 4.74. The summed E-state index contributed by atoms with van der Waals surface area (Å²) in [5.74, 6) is 0. The summed E-state index contributed by atoms with van der Waals surface area (Å²) in [7, 11) is 0. The summed E-state index contributed by atoms with van der Waals surface area (Å²) in [4.78, 5) is 0.977. The van der Waals surface area contributed by atoms with Crippen LogP contribution in [0.2, 0.25) is 0 Å². The molecule has 0 saturated carbocycles. The number of thiol groups is 1. The highest BCUT2D eigenvalue weighted by molar-refractivity contribution is 7.80. The van der Waals surface area contributed by atoms with Gasteiger partial charge < -0.3 is 5.11 Å². The summed E-state index contributed by atoms with van der Waals surface area (Å²) in [5, 5.41) is 9.74. The molecule has 1 N–H and O–H groups in total. The van der Waals surface area contributed by atoms with Crippen LogP contribution in [0.4, 0.5) is 0 Å². The van der Waals surface area contributed by atoms with E-state index in [-0.39, 0.29) is 12.0 Å². The number of aliphatic hydroxyl groups is 1. The Morgan fingerprint density at radius 3 is 2.29 bits per heavy atom. The van der Waals surface area contributed by atoms with Crippen molar-refractivity contribution in [3.63, 3.8) is 0 Å². The molecule has 0 saturated heterocycles. The molecule has 1 nitrogen and oxygen atoms in total. The summed E-state index contributed by atoms with van der Waals surface area (Å²) in [6.45, 7) is 8.77. The molecule has 24 heavy (non-hydrogen) atoms. The number of rotatable bonds is 7. The topological polar surface area (TPSA) is 20.2 Å². The SMILES string of the molecule is CCCCc1ccc(-c2ccc(C(C)(CC)CO)cc2S)c(C)c1. The molecule has 1 atom stereocenters. The van der Waals surface area contributed by atoms with E-state index in [0.717, 1.165) is 28.9 Å². The molecule has 0 aliphatic carbocycles. The van der Waals surface area contributed by atoms with E-state index in [9.17, 15) is 5.11 Å². The molecule has 0 radical (unpaired) electrons. The van der Waals surface area contributed by atoms with Gasteiger partial charge in [-0.05, 0) is 60.1 Å². The maximum absolute atomic E-state index is 9.74. The molecule has 2 rings (SSSR count). The van der Waals surface area contributed by atoms with Gasteiger partial charge in [-0.2, -0.15) is 0 Å². The zero-order chi connectivity index (χ0) is 17.7. The lowest BCUT2D eigenvalue weighted by Gasteiger charge is -2.27. The molecule has 0 aliphatic rings. The minimum absolute atomic E-state index is 0.154. The van der Waals surface area contributed by atoms with Crippen LogP contribution in [0.3, 0.4) is 0 Å². The van der Waals surface area contributed by atoms with Crippen LogP contribution in [0, 0.1) is 6.92 Å². The van der Waals surface area contributed by atoms with Gasteiger partial charge in [0, 0.05) is 10.3 Å². The Labute approximate surface area is 152 Å². The molecule has 0 heterocycles. The predicted octanol–water partition coefficient (Wildman–Crippen LogP) is 5.95. The third-order valence-corrected chi connectivity index (χ3v) is 5.59. The number of hydrogen-bond acceptors (Lipinski definition) is 2. The Bertz CT molecular complexity index is 686. The van der Waals surface area contributed by atoms with Crippen molar-refractivity contribution < 1.29 is 5.11 Å². The summed E-state index contributed by atoms with van der Waals surface area (Å²) in [5.41, 5.74) is 6.07. The van der Waals surface area contributed by atoms with Crippen molar-refractivity contribution in [1.82, 2.24) is 0 Å². The highest BCUT2D eigenvalue weighted by Crippen LogP contribution is 2.35. The van der Waals surface area contributed by atoms with E-state index in [1.807, 2.05) is 0 Å². The first-order valence-electron chi connectivity index (χ1n) is 8.99. The van der Waals surface area contributed by atoms with Crippen molar-refractivity contribution >= 4 is 12.6 Å². The number of aryl methyl sites for hydroxylation is 2. The smallest absolute Gasteiger partial charge is 0.0525 e. The van der Waals surface area contributed by atoms with E-state index in [0.29, 0.717) is 0 Å². The van der Waals surface area contributed by atoms with E-state index in [4.69, 9.17) is 12.6 Å². The largest absolute Gasteiger partial charge is 0.395 e. The van der Waals surface area contributed by atoms with Crippen LogP contribution >= 0.6 is 12.6 Å². The van der Waals surface area contributed by atoms with Crippen LogP contribution in [0.25, 0.3) is 11.1 Å². The van der Waals surface area contributed by atoms with Crippen LogP contribution in [0.15, 0.2) is 41.3 Å². The highest BCUT2D eigenvalue weighted by atomic mass is 32.1. The molecular weight excluding hydrogens is 312 g/mol. The second kappa shape index (κ2) is 8.22. The highest BCUT2D eigenvalue weighted by Gasteiger charge is 2.24. The fraction of sp³-hybridized carbons (Fsp3) is 0.455. The molecule has 0 amide bonds. The lowest BCUT2D eigenvalue weighted by atomic mass is 9.80. The van der Waals surface area contributed by atoms with Crippen molar-refractivity contribution in [3.05, 3.63) is 53.1 Å². The third kappa shape index (κ3) is 4.04. The predicted molar refractivity (Wildman–Crippen MR) is 107 cm³/mol. The zero-order valence-corrected chi connectivity index (χ0v) is 16.3. The fourth-order valence-corrected chi connectivity index (χ4v) is 3.44.